The number of ketones is 1. The Balaban J connectivity index is 4.36. The van der Waals surface area contributed by atoms with Gasteiger partial charge in [-0.2, -0.15) is 0 Å². The maximum Gasteiger partial charge on any atom is 0.345 e. The fourth-order valence-corrected chi connectivity index (χ4v) is 8.32. The van der Waals surface area contributed by atoms with Gasteiger partial charge in [-0.15, -0.1) is 0 Å². The molecule has 0 saturated carbocycles. The number of carbonyl (C=O) groups excluding carboxylic acids is 2. The molecule has 0 amide bonds. The molecule has 0 aliphatic carbocycles. The molecule has 56 heavy (non-hydrogen) atoms. The summed E-state index contributed by atoms with van der Waals surface area (Å²) in [7, 11) is 0. The van der Waals surface area contributed by atoms with Crippen molar-refractivity contribution in [1.82, 2.24) is 0 Å². The third-order valence-corrected chi connectivity index (χ3v) is 12.4. The van der Waals surface area contributed by atoms with Gasteiger partial charge in [-0.1, -0.05) is 272 Å². The number of ether oxygens (including phenoxy) is 1. The van der Waals surface area contributed by atoms with E-state index in [4.69, 9.17) is 4.74 Å². The van der Waals surface area contributed by atoms with Crippen molar-refractivity contribution in [1.29, 1.82) is 0 Å². The van der Waals surface area contributed by atoms with Crippen molar-refractivity contribution in [2.24, 2.45) is 5.92 Å². The Hall–Kier alpha value is -0.900. The van der Waals surface area contributed by atoms with Crippen molar-refractivity contribution in [2.45, 2.75) is 309 Å². The molecule has 0 aromatic rings. The molecule has 4 nitrogen and oxygen atoms in total. The van der Waals surface area contributed by atoms with Crippen LogP contribution in [-0.2, 0) is 14.3 Å². The molecule has 0 fully saturated rings. The van der Waals surface area contributed by atoms with Crippen LogP contribution in [0.2, 0.25) is 0 Å². The van der Waals surface area contributed by atoms with Crippen molar-refractivity contribution in [3.8, 4) is 0 Å². The Morgan fingerprint density at radius 1 is 0.411 bits per heavy atom. The number of rotatable bonds is 47. The lowest BCUT2D eigenvalue weighted by molar-refractivity contribution is -0.171. The molecule has 0 saturated heterocycles. The van der Waals surface area contributed by atoms with Gasteiger partial charge in [0.2, 0.25) is 5.60 Å². The number of aliphatic hydroxyl groups is 1. The SMILES string of the molecule is CCCCCCCCCCCCCCCCCC(=O)C(O)(CCCCCCCCCCCCCCCC)C(=O)OCCCCCCCCCCCCCC(C)C. The smallest absolute Gasteiger partial charge is 0.345 e. The molecular weight excluding hydrogens is 689 g/mol. The summed E-state index contributed by atoms with van der Waals surface area (Å²) in [6, 6.07) is 0. The van der Waals surface area contributed by atoms with Crippen LogP contribution in [0.5, 0.6) is 0 Å². The van der Waals surface area contributed by atoms with E-state index in [2.05, 4.69) is 27.7 Å². The first-order valence-electron chi connectivity index (χ1n) is 25.8. The van der Waals surface area contributed by atoms with Gasteiger partial charge in [0, 0.05) is 6.42 Å². The van der Waals surface area contributed by atoms with Gasteiger partial charge in [0.25, 0.3) is 0 Å². The molecule has 0 rings (SSSR count). The second kappa shape index (κ2) is 43.7. The average molecular weight is 791 g/mol. The van der Waals surface area contributed by atoms with Crippen LogP contribution in [0.25, 0.3) is 0 Å². The molecule has 0 aliphatic heterocycles. The minimum Gasteiger partial charge on any atom is -0.463 e. The summed E-state index contributed by atoms with van der Waals surface area (Å²) in [5.74, 6) is -0.169. The minimum atomic E-state index is -1.97. The van der Waals surface area contributed by atoms with E-state index in [0.717, 1.165) is 57.3 Å². The Morgan fingerprint density at radius 3 is 1.04 bits per heavy atom. The highest BCUT2D eigenvalue weighted by atomic mass is 16.5. The Kier molecular flexibility index (Phi) is 43.0. The highest BCUT2D eigenvalue weighted by Crippen LogP contribution is 2.24. The van der Waals surface area contributed by atoms with E-state index in [1.807, 2.05) is 0 Å². The fraction of sp³-hybridized carbons (Fsp3) is 0.962. The Labute approximate surface area is 352 Å². The lowest BCUT2D eigenvalue weighted by Crippen LogP contribution is -2.48. The lowest BCUT2D eigenvalue weighted by Gasteiger charge is -2.25. The highest BCUT2D eigenvalue weighted by Gasteiger charge is 2.43. The minimum absolute atomic E-state index is 0.208. The van der Waals surface area contributed by atoms with Crippen LogP contribution in [0.1, 0.15) is 304 Å². The van der Waals surface area contributed by atoms with Gasteiger partial charge in [-0.25, -0.2) is 4.79 Å². The third kappa shape index (κ3) is 37.4. The topological polar surface area (TPSA) is 63.6 Å². The van der Waals surface area contributed by atoms with E-state index in [1.165, 1.54) is 205 Å². The molecule has 0 aromatic heterocycles. The maximum absolute atomic E-state index is 13.4. The van der Waals surface area contributed by atoms with Crippen molar-refractivity contribution in [3.05, 3.63) is 0 Å². The summed E-state index contributed by atoms with van der Waals surface area (Å²) in [6.07, 6.45) is 52.2. The molecule has 0 aromatic carbocycles. The van der Waals surface area contributed by atoms with Gasteiger partial charge in [0.05, 0.1) is 6.61 Å². The highest BCUT2D eigenvalue weighted by molar-refractivity contribution is 6.06. The zero-order valence-electron chi connectivity index (χ0n) is 38.9. The normalized spacial score (nSPS) is 12.8. The molecule has 1 N–H and O–H groups in total. The molecule has 0 bridgehead atoms. The molecule has 334 valence electrons. The standard InChI is InChI=1S/C52H102O4/c1-5-7-9-11-13-15-17-19-21-22-26-30-34-38-42-46-50(53)52(55,47-43-39-35-31-27-23-20-18-16-14-12-10-8-6-2)51(54)56-48-44-40-36-32-28-24-25-29-33-37-41-45-49(3)4/h49,55H,5-48H2,1-4H3. The molecule has 0 spiro atoms. The first kappa shape index (κ1) is 55.1. The second-order valence-corrected chi connectivity index (χ2v) is 18.5. The van der Waals surface area contributed by atoms with Gasteiger partial charge < -0.3 is 9.84 Å². The predicted molar refractivity (Wildman–Crippen MR) is 246 cm³/mol. The van der Waals surface area contributed by atoms with Crippen LogP contribution in [0.3, 0.4) is 0 Å². The third-order valence-electron chi connectivity index (χ3n) is 12.4. The summed E-state index contributed by atoms with van der Waals surface area (Å²) >= 11 is 0. The average Bonchev–Trinajstić information content (AvgIpc) is 3.19. The van der Waals surface area contributed by atoms with E-state index in [1.54, 1.807) is 0 Å². The van der Waals surface area contributed by atoms with Crippen LogP contribution in [0.15, 0.2) is 0 Å². The van der Waals surface area contributed by atoms with Gasteiger partial charge in [0.15, 0.2) is 5.78 Å². The lowest BCUT2D eigenvalue weighted by atomic mass is 9.88. The number of carbonyl (C=O) groups is 2. The van der Waals surface area contributed by atoms with Gasteiger partial charge in [-0.05, 0) is 31.6 Å². The fourth-order valence-electron chi connectivity index (χ4n) is 8.32. The molecule has 1 unspecified atom stereocenters. The summed E-state index contributed by atoms with van der Waals surface area (Å²) in [4.78, 5) is 26.7. The van der Waals surface area contributed by atoms with Crippen molar-refractivity contribution in [2.75, 3.05) is 6.61 Å². The molecule has 0 radical (unpaired) electrons. The number of hydrogen-bond donors (Lipinski definition) is 1. The maximum atomic E-state index is 13.4. The molecule has 0 heterocycles. The number of unbranched alkanes of at least 4 members (excludes halogenated alkanes) is 37. The Morgan fingerprint density at radius 2 is 0.696 bits per heavy atom. The van der Waals surface area contributed by atoms with E-state index >= 15 is 0 Å². The molecule has 4 heteroatoms. The van der Waals surface area contributed by atoms with Crippen LogP contribution in [-0.4, -0.2) is 29.1 Å². The number of esters is 1. The molecule has 0 aliphatic rings. The summed E-state index contributed by atoms with van der Waals surface area (Å²) in [5, 5.41) is 11.5. The quantitative estimate of drug-likeness (QED) is 0.0379. The zero-order chi connectivity index (χ0) is 41.1. The molecule has 1 atom stereocenters. The zero-order valence-corrected chi connectivity index (χ0v) is 38.9. The van der Waals surface area contributed by atoms with E-state index in [9.17, 15) is 14.7 Å². The van der Waals surface area contributed by atoms with Crippen molar-refractivity contribution in [3.63, 3.8) is 0 Å². The summed E-state index contributed by atoms with van der Waals surface area (Å²) < 4.78 is 5.62. The molecular formula is C52H102O4. The van der Waals surface area contributed by atoms with Gasteiger partial charge in [-0.3, -0.25) is 4.79 Å². The number of Topliss-reactive ketones (excluding diaryl/α,β-unsaturated/α-hetero) is 1. The van der Waals surface area contributed by atoms with E-state index in [0.29, 0.717) is 13.0 Å². The number of hydrogen-bond acceptors (Lipinski definition) is 4. The Bertz CT molecular complexity index is 809. The van der Waals surface area contributed by atoms with Crippen LogP contribution in [0, 0.1) is 5.92 Å². The first-order valence-corrected chi connectivity index (χ1v) is 25.8. The van der Waals surface area contributed by atoms with E-state index in [-0.39, 0.29) is 18.6 Å². The van der Waals surface area contributed by atoms with E-state index < -0.39 is 11.6 Å². The van der Waals surface area contributed by atoms with Crippen LogP contribution in [0.4, 0.5) is 0 Å². The van der Waals surface area contributed by atoms with Gasteiger partial charge >= 0.3 is 5.97 Å². The summed E-state index contributed by atoms with van der Waals surface area (Å²) in [6.45, 7) is 9.49. The van der Waals surface area contributed by atoms with Crippen LogP contribution < -0.4 is 0 Å². The van der Waals surface area contributed by atoms with Crippen molar-refractivity contribution >= 4 is 11.8 Å². The predicted octanol–water partition coefficient (Wildman–Crippen LogP) is 17.3. The summed E-state index contributed by atoms with van der Waals surface area (Å²) in [5.41, 5.74) is -1.97. The largest absolute Gasteiger partial charge is 0.463 e. The second-order valence-electron chi connectivity index (χ2n) is 18.5. The van der Waals surface area contributed by atoms with Crippen LogP contribution >= 0.6 is 0 Å². The van der Waals surface area contributed by atoms with Gasteiger partial charge in [0.1, 0.15) is 0 Å². The monoisotopic (exact) mass is 791 g/mol. The first-order chi connectivity index (χ1) is 27.4. The van der Waals surface area contributed by atoms with Crippen molar-refractivity contribution < 1.29 is 19.4 Å².